The lowest BCUT2D eigenvalue weighted by molar-refractivity contribution is 1.09. The van der Waals surface area contributed by atoms with Crippen LogP contribution in [0.5, 0.6) is 0 Å². The highest BCUT2D eigenvalue weighted by Gasteiger charge is 2.24. The molecule has 296 valence electrons. The number of hydrogen-bond donors (Lipinski definition) is 0. The fourth-order valence-corrected chi connectivity index (χ4v) is 8.64. The molecule has 2 nitrogen and oxygen atoms in total. The Balaban J connectivity index is 0.000000444. The Morgan fingerprint density at radius 1 is 0.417 bits per heavy atom. The summed E-state index contributed by atoms with van der Waals surface area (Å²) >= 11 is 0. The number of aromatic nitrogens is 2. The van der Waals surface area contributed by atoms with Crippen molar-refractivity contribution in [3.8, 4) is 22.5 Å². The van der Waals surface area contributed by atoms with Crippen molar-refractivity contribution in [3.05, 3.63) is 222 Å². The molecule has 0 amide bonds. The molecule has 0 aliphatic heterocycles. The highest BCUT2D eigenvalue weighted by atomic mass is 15.0. The summed E-state index contributed by atoms with van der Waals surface area (Å²) in [6.07, 6.45) is 4.56. The third-order valence-electron chi connectivity index (χ3n) is 11.2. The normalized spacial score (nSPS) is 11.4. The molecule has 0 saturated carbocycles. The fraction of sp³-hybridized carbons (Fsp3) is 0.138. The molecule has 0 bridgehead atoms. The predicted molar refractivity (Wildman–Crippen MR) is 261 cm³/mol. The van der Waals surface area contributed by atoms with Crippen molar-refractivity contribution in [2.24, 2.45) is 0 Å². The number of benzene rings is 8. The maximum Gasteiger partial charge on any atom is 0.0549 e. The summed E-state index contributed by atoms with van der Waals surface area (Å²) in [5.41, 5.74) is 17.4. The van der Waals surface area contributed by atoms with Crippen LogP contribution in [0.3, 0.4) is 0 Å². The maximum atomic E-state index is 2.48. The minimum absolute atomic E-state index is 0.979. The van der Waals surface area contributed by atoms with Crippen LogP contribution in [0.25, 0.3) is 71.7 Å². The summed E-state index contributed by atoms with van der Waals surface area (Å²) in [4.78, 5) is 0. The van der Waals surface area contributed by atoms with Crippen molar-refractivity contribution >= 4 is 49.2 Å². The van der Waals surface area contributed by atoms with E-state index in [-0.39, 0.29) is 0 Å². The van der Waals surface area contributed by atoms with E-state index in [2.05, 4.69) is 227 Å². The molecule has 60 heavy (non-hydrogen) atoms. The largest absolute Gasteiger partial charge is 0.309 e. The molecular weight excluding hydrogens is 725 g/mol. The number of aryl methyl sites for hydroxylation is 3. The molecule has 8 aromatic carbocycles. The molecule has 2 heteroatoms. The van der Waals surface area contributed by atoms with E-state index < -0.39 is 0 Å². The molecule has 0 aliphatic rings. The summed E-state index contributed by atoms with van der Waals surface area (Å²) < 4.78 is 4.91. The Hall–Kier alpha value is -6.90. The number of hydrogen-bond acceptors (Lipinski definition) is 0. The van der Waals surface area contributed by atoms with Gasteiger partial charge in [-0.3, -0.25) is 0 Å². The van der Waals surface area contributed by atoms with Crippen molar-refractivity contribution < 1.29 is 0 Å². The van der Waals surface area contributed by atoms with Gasteiger partial charge in [0, 0.05) is 32.9 Å². The first-order valence-corrected chi connectivity index (χ1v) is 21.4. The van der Waals surface area contributed by atoms with Crippen LogP contribution < -0.4 is 0 Å². The molecule has 10 rings (SSSR count). The summed E-state index contributed by atoms with van der Waals surface area (Å²) in [7, 11) is 0. The van der Waals surface area contributed by atoms with Gasteiger partial charge in [0.15, 0.2) is 0 Å². The second-order valence-corrected chi connectivity index (χ2v) is 15.6. The zero-order valence-electron chi connectivity index (χ0n) is 35.8. The fourth-order valence-electron chi connectivity index (χ4n) is 8.64. The molecule has 0 unspecified atom stereocenters. The molecule has 0 radical (unpaired) electrons. The predicted octanol–water partition coefficient (Wildman–Crippen LogP) is 16.4. The van der Waals surface area contributed by atoms with Crippen molar-refractivity contribution in [1.82, 2.24) is 9.13 Å². The van der Waals surface area contributed by atoms with Crippen molar-refractivity contribution in [2.45, 2.75) is 54.4 Å². The zero-order chi connectivity index (χ0) is 41.6. The zero-order valence-corrected chi connectivity index (χ0v) is 35.8. The van der Waals surface area contributed by atoms with Gasteiger partial charge in [0.25, 0.3) is 0 Å². The van der Waals surface area contributed by atoms with Crippen LogP contribution in [0.15, 0.2) is 194 Å². The number of rotatable bonds is 6. The first-order valence-electron chi connectivity index (χ1n) is 21.4. The van der Waals surface area contributed by atoms with Gasteiger partial charge < -0.3 is 9.13 Å². The molecular formula is C58H54N2. The van der Waals surface area contributed by atoms with Crippen molar-refractivity contribution in [1.29, 1.82) is 0 Å². The van der Waals surface area contributed by atoms with Gasteiger partial charge in [-0.25, -0.2) is 0 Å². The first-order chi connectivity index (χ1) is 29.4. The van der Waals surface area contributed by atoms with E-state index in [0.717, 1.165) is 12.1 Å². The Labute approximate surface area is 355 Å². The molecule has 0 aliphatic carbocycles. The van der Waals surface area contributed by atoms with Crippen LogP contribution in [0.2, 0.25) is 0 Å². The molecule has 0 N–H and O–H groups in total. The van der Waals surface area contributed by atoms with E-state index in [1.807, 2.05) is 18.2 Å². The third kappa shape index (κ3) is 7.58. The average molecular weight is 779 g/mol. The minimum atomic E-state index is 0.979. The van der Waals surface area contributed by atoms with E-state index in [1.165, 1.54) is 100 Å². The topological polar surface area (TPSA) is 9.86 Å². The number of nitrogens with zero attached hydrogens (tertiary/aromatic N) is 2. The molecule has 2 aromatic heterocycles. The smallest absolute Gasteiger partial charge is 0.0549 e. The van der Waals surface area contributed by atoms with Crippen LogP contribution in [-0.4, -0.2) is 9.13 Å². The summed E-state index contributed by atoms with van der Waals surface area (Å²) in [6, 6.07) is 67.9. The number of fused-ring (bicyclic) bond motifs is 7. The molecule has 0 spiro atoms. The van der Waals surface area contributed by atoms with Gasteiger partial charge in [-0.1, -0.05) is 178 Å². The molecule has 2 heterocycles. The Morgan fingerprint density at radius 3 is 1.55 bits per heavy atom. The summed E-state index contributed by atoms with van der Waals surface area (Å²) in [5, 5.41) is 5.15. The van der Waals surface area contributed by atoms with Crippen molar-refractivity contribution in [3.63, 3.8) is 0 Å². The minimum Gasteiger partial charge on any atom is -0.309 e. The number of allylic oxidation sites excluding steroid dienone is 1. The van der Waals surface area contributed by atoms with Crippen LogP contribution in [0.4, 0.5) is 0 Å². The molecule has 0 atom stereocenters. The third-order valence-corrected chi connectivity index (χ3v) is 11.2. The van der Waals surface area contributed by atoms with E-state index >= 15 is 0 Å². The Bertz CT molecular complexity index is 3050. The monoisotopic (exact) mass is 778 g/mol. The molecule has 0 fully saturated rings. The van der Waals surface area contributed by atoms with Gasteiger partial charge in [-0.2, -0.15) is 0 Å². The van der Waals surface area contributed by atoms with Gasteiger partial charge in [-0.05, 0) is 115 Å². The Morgan fingerprint density at radius 2 is 0.917 bits per heavy atom. The van der Waals surface area contributed by atoms with Crippen LogP contribution in [0, 0.1) is 20.8 Å². The van der Waals surface area contributed by atoms with Crippen LogP contribution in [-0.2, 0) is 0 Å². The van der Waals surface area contributed by atoms with Gasteiger partial charge in [0.05, 0.1) is 22.1 Å². The Kier molecular flexibility index (Phi) is 11.9. The second-order valence-electron chi connectivity index (χ2n) is 15.6. The van der Waals surface area contributed by atoms with E-state index in [1.54, 1.807) is 0 Å². The lowest BCUT2D eigenvalue weighted by atomic mass is 9.91. The SMILES string of the molecule is CC/C=C(\c1ccccc1)c1ccc(-n2c3ccc(C)c(-c4ccccc4C)c3c3c4c5ccccc5n(-c5ccccc5)c4ccc32)cc1.CCC.Cc1ccccc1. The van der Waals surface area contributed by atoms with Gasteiger partial charge >= 0.3 is 0 Å². The van der Waals surface area contributed by atoms with Gasteiger partial charge in [0.2, 0.25) is 0 Å². The lowest BCUT2D eigenvalue weighted by Crippen LogP contribution is -1.96. The molecule has 0 saturated heterocycles. The summed E-state index contributed by atoms with van der Waals surface area (Å²) in [6.45, 7) is 13.0. The first kappa shape index (κ1) is 39.9. The average Bonchev–Trinajstić information content (AvgIpc) is 3.80. The molecule has 10 aromatic rings. The second kappa shape index (κ2) is 17.9. The number of para-hydroxylation sites is 2. The van der Waals surface area contributed by atoms with E-state index in [4.69, 9.17) is 0 Å². The highest BCUT2D eigenvalue weighted by Crippen LogP contribution is 2.46. The standard InChI is InChI=1S/C48H38N2.C7H8.C3H8/c1-4-15-39(34-17-7-5-8-18-34)35-25-27-37(28-26-35)50-43-29-24-33(3)45(38-21-12-11-16-32(38)2)47(43)48-44(50)31-30-42-46(48)40-22-13-14-23-41(40)49(42)36-19-9-6-10-20-36;1-7-5-3-2-4-6-7;1-3-2/h5-31H,4H2,1-3H3;2-6H,1H3;3H2,1-2H3/b39-15+;;. The van der Waals surface area contributed by atoms with Crippen molar-refractivity contribution in [2.75, 3.05) is 0 Å². The highest BCUT2D eigenvalue weighted by molar-refractivity contribution is 6.31. The van der Waals surface area contributed by atoms with Gasteiger partial charge in [-0.15, -0.1) is 0 Å². The van der Waals surface area contributed by atoms with E-state index in [0.29, 0.717) is 0 Å². The lowest BCUT2D eigenvalue weighted by Gasteiger charge is -2.14. The van der Waals surface area contributed by atoms with Gasteiger partial charge in [0.1, 0.15) is 0 Å². The maximum absolute atomic E-state index is 2.48. The van der Waals surface area contributed by atoms with Crippen LogP contribution in [0.1, 0.15) is 61.4 Å². The summed E-state index contributed by atoms with van der Waals surface area (Å²) in [5.74, 6) is 0. The van der Waals surface area contributed by atoms with Crippen LogP contribution >= 0.6 is 0 Å². The quantitative estimate of drug-likeness (QED) is 0.159. The van der Waals surface area contributed by atoms with E-state index in [9.17, 15) is 0 Å².